The Morgan fingerprint density at radius 2 is 2.05 bits per heavy atom. The summed E-state index contributed by atoms with van der Waals surface area (Å²) in [6, 6.07) is 7.50. The standard InChI is InChI=1S/C14H15NO4/c1-16-7-14(8-17-2)13-12(18-13)10-5-9(6-15)3-4-11(10)19-14/h3-5,12-13H,7-8H2,1-2H3. The third kappa shape index (κ3) is 1.89. The Labute approximate surface area is 111 Å². The highest BCUT2D eigenvalue weighted by molar-refractivity contribution is 5.48. The van der Waals surface area contributed by atoms with Gasteiger partial charge in [-0.3, -0.25) is 0 Å². The van der Waals surface area contributed by atoms with Crippen LogP contribution in [0.3, 0.4) is 0 Å². The number of ether oxygens (including phenoxy) is 4. The van der Waals surface area contributed by atoms with E-state index in [2.05, 4.69) is 6.07 Å². The molecule has 0 amide bonds. The zero-order chi connectivity index (χ0) is 13.5. The van der Waals surface area contributed by atoms with E-state index in [0.29, 0.717) is 18.8 Å². The first-order chi connectivity index (χ1) is 9.24. The quantitative estimate of drug-likeness (QED) is 0.767. The van der Waals surface area contributed by atoms with Crippen molar-refractivity contribution >= 4 is 0 Å². The molecule has 0 bridgehead atoms. The van der Waals surface area contributed by atoms with Crippen LogP contribution >= 0.6 is 0 Å². The molecule has 3 rings (SSSR count). The van der Waals surface area contributed by atoms with Gasteiger partial charge in [0.1, 0.15) is 18.0 Å². The lowest BCUT2D eigenvalue weighted by Gasteiger charge is -2.35. The maximum absolute atomic E-state index is 8.94. The minimum absolute atomic E-state index is 0.0256. The van der Waals surface area contributed by atoms with Crippen LogP contribution in [0.1, 0.15) is 17.2 Å². The minimum Gasteiger partial charge on any atom is -0.479 e. The maximum atomic E-state index is 8.94. The van der Waals surface area contributed by atoms with Crippen molar-refractivity contribution < 1.29 is 18.9 Å². The van der Waals surface area contributed by atoms with Crippen LogP contribution in [-0.2, 0) is 14.2 Å². The van der Waals surface area contributed by atoms with E-state index >= 15 is 0 Å². The summed E-state index contributed by atoms with van der Waals surface area (Å²) in [6.07, 6.45) is -0.101. The third-order valence-corrected chi connectivity index (χ3v) is 3.55. The summed E-state index contributed by atoms with van der Waals surface area (Å²) in [4.78, 5) is 0. The van der Waals surface area contributed by atoms with E-state index in [0.717, 1.165) is 11.3 Å². The summed E-state index contributed by atoms with van der Waals surface area (Å²) < 4.78 is 22.3. The van der Waals surface area contributed by atoms with Crippen LogP contribution in [-0.4, -0.2) is 39.1 Å². The van der Waals surface area contributed by atoms with Crippen molar-refractivity contribution in [2.75, 3.05) is 27.4 Å². The molecule has 5 heteroatoms. The van der Waals surface area contributed by atoms with E-state index in [1.54, 1.807) is 20.3 Å². The average Bonchev–Trinajstić information content (AvgIpc) is 3.20. The molecule has 1 aromatic rings. The average molecular weight is 261 g/mol. The van der Waals surface area contributed by atoms with Crippen molar-refractivity contribution in [1.29, 1.82) is 5.26 Å². The first-order valence-corrected chi connectivity index (χ1v) is 6.10. The van der Waals surface area contributed by atoms with Crippen LogP contribution in [0.15, 0.2) is 18.2 Å². The smallest absolute Gasteiger partial charge is 0.184 e. The Balaban J connectivity index is 1.97. The van der Waals surface area contributed by atoms with Gasteiger partial charge in [0.05, 0.1) is 24.8 Å². The second kappa shape index (κ2) is 4.49. The number of hydrogen-bond donors (Lipinski definition) is 0. The summed E-state index contributed by atoms with van der Waals surface area (Å²) in [5.74, 6) is 0.742. The van der Waals surface area contributed by atoms with Crippen LogP contribution in [0.4, 0.5) is 0 Å². The second-order valence-corrected chi connectivity index (χ2v) is 4.87. The fourth-order valence-corrected chi connectivity index (χ4v) is 2.71. The van der Waals surface area contributed by atoms with Crippen molar-refractivity contribution in [3.05, 3.63) is 29.3 Å². The predicted octanol–water partition coefficient (Wildman–Crippen LogP) is 1.42. The SMILES string of the molecule is COCC1(COC)Oc2ccc(C#N)cc2C2OC21. The van der Waals surface area contributed by atoms with Gasteiger partial charge in [-0.25, -0.2) is 0 Å². The van der Waals surface area contributed by atoms with Gasteiger partial charge in [-0.2, -0.15) is 5.26 Å². The molecule has 0 aliphatic carbocycles. The summed E-state index contributed by atoms with van der Waals surface area (Å²) in [5.41, 5.74) is 0.949. The van der Waals surface area contributed by atoms with Crippen molar-refractivity contribution in [3.8, 4) is 11.8 Å². The summed E-state index contributed by atoms with van der Waals surface area (Å²) in [7, 11) is 3.26. The number of benzene rings is 1. The maximum Gasteiger partial charge on any atom is 0.184 e. The highest BCUT2D eigenvalue weighted by Gasteiger charge is 2.61. The molecule has 1 aromatic carbocycles. The van der Waals surface area contributed by atoms with Gasteiger partial charge in [-0.05, 0) is 18.2 Å². The fraction of sp³-hybridized carbons (Fsp3) is 0.500. The van der Waals surface area contributed by atoms with Gasteiger partial charge in [0.15, 0.2) is 5.60 Å². The Morgan fingerprint density at radius 3 is 2.68 bits per heavy atom. The van der Waals surface area contributed by atoms with Crippen LogP contribution < -0.4 is 4.74 Å². The number of epoxide rings is 1. The Bertz CT molecular complexity index is 531. The van der Waals surface area contributed by atoms with Gasteiger partial charge < -0.3 is 18.9 Å². The monoisotopic (exact) mass is 261 g/mol. The van der Waals surface area contributed by atoms with E-state index in [9.17, 15) is 0 Å². The predicted molar refractivity (Wildman–Crippen MR) is 65.9 cm³/mol. The number of nitriles is 1. The van der Waals surface area contributed by atoms with Crippen molar-refractivity contribution in [3.63, 3.8) is 0 Å². The van der Waals surface area contributed by atoms with Crippen LogP contribution in [0, 0.1) is 11.3 Å². The van der Waals surface area contributed by atoms with Gasteiger partial charge >= 0.3 is 0 Å². The van der Waals surface area contributed by atoms with E-state index < -0.39 is 5.60 Å². The molecule has 0 saturated carbocycles. The van der Waals surface area contributed by atoms with E-state index in [1.165, 1.54) is 0 Å². The third-order valence-electron chi connectivity index (χ3n) is 3.55. The lowest BCUT2D eigenvalue weighted by Crippen LogP contribution is -2.52. The van der Waals surface area contributed by atoms with Gasteiger partial charge in [0.25, 0.3) is 0 Å². The molecular weight excluding hydrogens is 246 g/mol. The van der Waals surface area contributed by atoms with Gasteiger partial charge in [-0.15, -0.1) is 0 Å². The molecule has 2 heterocycles. The summed E-state index contributed by atoms with van der Waals surface area (Å²) in [5, 5.41) is 8.94. The highest BCUT2D eigenvalue weighted by atomic mass is 16.7. The van der Waals surface area contributed by atoms with Gasteiger partial charge in [0.2, 0.25) is 0 Å². The summed E-state index contributed by atoms with van der Waals surface area (Å²) in [6.45, 7) is 0.808. The second-order valence-electron chi connectivity index (χ2n) is 4.87. The highest BCUT2D eigenvalue weighted by Crippen LogP contribution is 2.54. The van der Waals surface area contributed by atoms with Gasteiger partial charge in [-0.1, -0.05) is 0 Å². The number of hydrogen-bond acceptors (Lipinski definition) is 5. The van der Waals surface area contributed by atoms with E-state index in [1.807, 2.05) is 12.1 Å². The van der Waals surface area contributed by atoms with E-state index in [4.69, 9.17) is 24.2 Å². The Hall–Kier alpha value is -1.61. The molecule has 0 N–H and O–H groups in total. The normalized spacial score (nSPS) is 25.7. The first kappa shape index (κ1) is 12.4. The molecule has 1 saturated heterocycles. The van der Waals surface area contributed by atoms with Crippen LogP contribution in [0.25, 0.3) is 0 Å². The zero-order valence-electron chi connectivity index (χ0n) is 10.9. The molecule has 1 fully saturated rings. The molecule has 19 heavy (non-hydrogen) atoms. The van der Waals surface area contributed by atoms with Crippen molar-refractivity contribution in [1.82, 2.24) is 0 Å². The number of nitrogens with zero attached hydrogens (tertiary/aromatic N) is 1. The molecule has 0 spiro atoms. The molecule has 5 nitrogen and oxygen atoms in total. The molecule has 2 aliphatic heterocycles. The molecule has 0 aromatic heterocycles. The Morgan fingerprint density at radius 1 is 1.32 bits per heavy atom. The first-order valence-electron chi connectivity index (χ1n) is 6.10. The molecule has 2 atom stereocenters. The molecular formula is C14H15NO4. The number of methoxy groups -OCH3 is 2. The lowest BCUT2D eigenvalue weighted by molar-refractivity contribution is -0.0759. The molecule has 2 aliphatic rings. The van der Waals surface area contributed by atoms with E-state index in [-0.39, 0.29) is 12.2 Å². The summed E-state index contributed by atoms with van der Waals surface area (Å²) >= 11 is 0. The van der Waals surface area contributed by atoms with Crippen molar-refractivity contribution in [2.45, 2.75) is 17.8 Å². The molecule has 100 valence electrons. The minimum atomic E-state index is -0.602. The van der Waals surface area contributed by atoms with Crippen molar-refractivity contribution in [2.24, 2.45) is 0 Å². The zero-order valence-corrected chi connectivity index (χ0v) is 10.9. The largest absolute Gasteiger partial charge is 0.479 e. The number of rotatable bonds is 4. The fourth-order valence-electron chi connectivity index (χ4n) is 2.71. The Kier molecular flexibility index (Phi) is 2.94. The van der Waals surface area contributed by atoms with Crippen LogP contribution in [0.2, 0.25) is 0 Å². The topological polar surface area (TPSA) is 64.0 Å². The van der Waals surface area contributed by atoms with Crippen LogP contribution in [0.5, 0.6) is 5.75 Å². The lowest BCUT2D eigenvalue weighted by atomic mass is 9.91. The van der Waals surface area contributed by atoms with Gasteiger partial charge in [0, 0.05) is 19.8 Å². The molecule has 0 radical (unpaired) electrons. The number of fused-ring (bicyclic) bond motifs is 3. The molecule has 2 unspecified atom stereocenters.